The van der Waals surface area contributed by atoms with Crippen molar-refractivity contribution in [2.45, 2.75) is 82.3 Å². The number of cyclic esters (lactones) is 1. The van der Waals surface area contributed by atoms with Crippen LogP contribution in [0.25, 0.3) is 0 Å². The van der Waals surface area contributed by atoms with E-state index >= 15 is 0 Å². The molecule has 5 rings (SSSR count). The monoisotopic (exact) mass is 388 g/mol. The summed E-state index contributed by atoms with van der Waals surface area (Å²) in [5.74, 6) is -0.0217. The van der Waals surface area contributed by atoms with Crippen LogP contribution < -0.4 is 0 Å². The molecule has 7 unspecified atom stereocenters. The van der Waals surface area contributed by atoms with Gasteiger partial charge < -0.3 is 19.7 Å². The predicted molar refractivity (Wildman–Crippen MR) is 102 cm³/mol. The summed E-state index contributed by atoms with van der Waals surface area (Å²) in [7, 11) is 0. The van der Waals surface area contributed by atoms with Gasteiger partial charge in [-0.15, -0.1) is 0 Å². The molecule has 2 N–H and O–H groups in total. The highest BCUT2D eigenvalue weighted by molar-refractivity contribution is 5.85. The molecule has 4 aliphatic carbocycles. The Balaban J connectivity index is 1.53. The Bertz CT molecular complexity index is 745. The normalized spacial score (nSPS) is 52.9. The molecular weight excluding hydrogens is 356 g/mol. The molecular formula is C23H32O5. The van der Waals surface area contributed by atoms with E-state index in [0.717, 1.165) is 56.8 Å². The van der Waals surface area contributed by atoms with Crippen molar-refractivity contribution in [2.24, 2.45) is 28.6 Å². The Kier molecular flexibility index (Phi) is 3.97. The third-order valence-corrected chi connectivity index (χ3v) is 9.82. The third-order valence-electron chi connectivity index (χ3n) is 9.82. The zero-order chi connectivity index (χ0) is 19.8. The number of aliphatic hydroxyl groups is 2. The standard InChI is InChI=1S/C23H32O5/c1-20-9-4-17-18(5-10-22(26)8-3-2-7-21(17,22)14-24)23(20,27)11-6-16(20)15-12-19(25)28-13-15/h12,14,16-18,26-27H,2-11,13H2,1H3. The van der Waals surface area contributed by atoms with Crippen molar-refractivity contribution in [3.63, 3.8) is 0 Å². The Labute approximate surface area is 166 Å². The lowest BCUT2D eigenvalue weighted by Crippen LogP contribution is -2.67. The summed E-state index contributed by atoms with van der Waals surface area (Å²) >= 11 is 0. The van der Waals surface area contributed by atoms with E-state index in [4.69, 9.17) is 4.74 Å². The van der Waals surface area contributed by atoms with Crippen molar-refractivity contribution >= 4 is 12.3 Å². The fourth-order valence-corrected chi connectivity index (χ4v) is 8.34. The zero-order valence-corrected chi connectivity index (χ0v) is 16.8. The summed E-state index contributed by atoms with van der Waals surface area (Å²) in [6, 6.07) is 0. The van der Waals surface area contributed by atoms with Crippen molar-refractivity contribution in [1.82, 2.24) is 0 Å². The molecule has 0 saturated heterocycles. The summed E-state index contributed by atoms with van der Waals surface area (Å²) in [4.78, 5) is 24.1. The van der Waals surface area contributed by atoms with E-state index in [9.17, 15) is 19.8 Å². The van der Waals surface area contributed by atoms with Gasteiger partial charge in [-0.1, -0.05) is 19.8 Å². The summed E-state index contributed by atoms with van der Waals surface area (Å²) in [5, 5.41) is 23.5. The lowest BCUT2D eigenvalue weighted by Gasteiger charge is -2.64. The second-order valence-electron chi connectivity index (χ2n) is 10.4. The number of rotatable bonds is 2. The van der Waals surface area contributed by atoms with Gasteiger partial charge in [0.05, 0.1) is 16.6 Å². The van der Waals surface area contributed by atoms with E-state index < -0.39 is 16.6 Å². The number of esters is 1. The molecule has 0 aromatic carbocycles. The summed E-state index contributed by atoms with van der Waals surface area (Å²) < 4.78 is 5.17. The van der Waals surface area contributed by atoms with Crippen molar-refractivity contribution in [2.75, 3.05) is 6.61 Å². The molecule has 28 heavy (non-hydrogen) atoms. The van der Waals surface area contributed by atoms with E-state index in [2.05, 4.69) is 6.92 Å². The molecule has 1 aliphatic heterocycles. The minimum atomic E-state index is -0.898. The average Bonchev–Trinajstić information content (AvgIpc) is 3.21. The highest BCUT2D eigenvalue weighted by Crippen LogP contribution is 2.70. The molecule has 0 amide bonds. The first-order valence-corrected chi connectivity index (χ1v) is 11.1. The van der Waals surface area contributed by atoms with Gasteiger partial charge in [-0.05, 0) is 74.7 Å². The summed E-state index contributed by atoms with van der Waals surface area (Å²) in [6.07, 6.45) is 10.8. The molecule has 0 spiro atoms. The molecule has 5 nitrogen and oxygen atoms in total. The van der Waals surface area contributed by atoms with Gasteiger partial charge in [-0.3, -0.25) is 0 Å². The number of carbonyl (C=O) groups is 2. The number of ether oxygens (including phenoxy) is 1. The van der Waals surface area contributed by atoms with Crippen LogP contribution in [0.5, 0.6) is 0 Å². The number of hydrogen-bond donors (Lipinski definition) is 2. The first kappa shape index (κ1) is 18.8. The maximum atomic E-state index is 12.5. The quantitative estimate of drug-likeness (QED) is 0.561. The Morgan fingerprint density at radius 1 is 1.04 bits per heavy atom. The van der Waals surface area contributed by atoms with Crippen LogP contribution in [0.15, 0.2) is 11.6 Å². The van der Waals surface area contributed by atoms with Crippen LogP contribution >= 0.6 is 0 Å². The SMILES string of the molecule is CC12CCC3C(CCC4(O)CCCCC34C=O)C1(O)CCC2C1=CC(=O)OC1. The van der Waals surface area contributed by atoms with Gasteiger partial charge in [-0.2, -0.15) is 0 Å². The molecule has 0 aromatic rings. The van der Waals surface area contributed by atoms with Crippen LogP contribution in [0.4, 0.5) is 0 Å². The summed E-state index contributed by atoms with van der Waals surface area (Å²) in [5.41, 5.74) is -1.72. The fraction of sp³-hybridized carbons (Fsp3) is 0.826. The lowest BCUT2D eigenvalue weighted by molar-refractivity contribution is -0.240. The van der Waals surface area contributed by atoms with Crippen LogP contribution in [0, 0.1) is 28.6 Å². The maximum absolute atomic E-state index is 12.5. The molecule has 1 heterocycles. The largest absolute Gasteiger partial charge is 0.458 e. The Morgan fingerprint density at radius 3 is 2.50 bits per heavy atom. The van der Waals surface area contributed by atoms with E-state index in [1.165, 1.54) is 0 Å². The van der Waals surface area contributed by atoms with Crippen molar-refractivity contribution < 1.29 is 24.5 Å². The van der Waals surface area contributed by atoms with Crippen LogP contribution in [-0.4, -0.2) is 40.3 Å². The average molecular weight is 389 g/mol. The minimum Gasteiger partial charge on any atom is -0.458 e. The highest BCUT2D eigenvalue weighted by atomic mass is 16.5. The summed E-state index contributed by atoms with van der Waals surface area (Å²) in [6.45, 7) is 2.53. The van der Waals surface area contributed by atoms with E-state index in [1.54, 1.807) is 6.08 Å². The molecule has 0 bridgehead atoms. The predicted octanol–water partition coefficient (Wildman–Crippen LogP) is 2.93. The Morgan fingerprint density at radius 2 is 1.79 bits per heavy atom. The van der Waals surface area contributed by atoms with Gasteiger partial charge >= 0.3 is 5.97 Å². The lowest BCUT2D eigenvalue weighted by atomic mass is 9.42. The van der Waals surface area contributed by atoms with Crippen molar-refractivity contribution in [3.05, 3.63) is 11.6 Å². The number of hydrogen-bond acceptors (Lipinski definition) is 5. The molecule has 4 saturated carbocycles. The van der Waals surface area contributed by atoms with Gasteiger partial charge in [0.15, 0.2) is 0 Å². The first-order valence-electron chi connectivity index (χ1n) is 11.1. The van der Waals surface area contributed by atoms with Crippen LogP contribution in [0.2, 0.25) is 0 Å². The van der Waals surface area contributed by atoms with Crippen molar-refractivity contribution in [3.8, 4) is 0 Å². The van der Waals surface area contributed by atoms with Crippen LogP contribution in [-0.2, 0) is 14.3 Å². The van der Waals surface area contributed by atoms with E-state index in [0.29, 0.717) is 25.9 Å². The molecule has 154 valence electrons. The number of carbonyl (C=O) groups excluding carboxylic acids is 2. The van der Waals surface area contributed by atoms with Crippen LogP contribution in [0.3, 0.4) is 0 Å². The molecule has 5 aliphatic rings. The second-order valence-corrected chi connectivity index (χ2v) is 10.4. The zero-order valence-electron chi connectivity index (χ0n) is 16.8. The van der Waals surface area contributed by atoms with Gasteiger partial charge in [0, 0.05) is 11.5 Å². The first-order chi connectivity index (χ1) is 13.3. The third kappa shape index (κ3) is 2.10. The van der Waals surface area contributed by atoms with Gasteiger partial charge in [0.25, 0.3) is 0 Å². The van der Waals surface area contributed by atoms with E-state index in [1.807, 2.05) is 0 Å². The van der Waals surface area contributed by atoms with Gasteiger partial charge in [0.2, 0.25) is 0 Å². The highest BCUT2D eigenvalue weighted by Gasteiger charge is 2.70. The molecule has 0 radical (unpaired) electrons. The second kappa shape index (κ2) is 5.91. The van der Waals surface area contributed by atoms with Crippen molar-refractivity contribution in [1.29, 1.82) is 0 Å². The molecule has 0 aromatic heterocycles. The fourth-order valence-electron chi connectivity index (χ4n) is 8.34. The molecule has 7 atom stereocenters. The Hall–Kier alpha value is -1.20. The number of fused-ring (bicyclic) bond motifs is 5. The van der Waals surface area contributed by atoms with Crippen LogP contribution in [0.1, 0.15) is 71.1 Å². The number of aldehydes is 1. The molecule has 4 fully saturated rings. The topological polar surface area (TPSA) is 83.8 Å². The smallest absolute Gasteiger partial charge is 0.331 e. The molecule has 5 heteroatoms. The van der Waals surface area contributed by atoms with Gasteiger partial charge in [0.1, 0.15) is 12.9 Å². The van der Waals surface area contributed by atoms with Gasteiger partial charge in [-0.25, -0.2) is 4.79 Å². The maximum Gasteiger partial charge on any atom is 0.331 e. The van der Waals surface area contributed by atoms with E-state index in [-0.39, 0.29) is 29.1 Å². The minimum absolute atomic E-state index is 0.0402.